The number of hydrogen-bond acceptors (Lipinski definition) is 7. The molecule has 0 aromatic rings. The highest BCUT2D eigenvalue weighted by Crippen LogP contribution is 2.01. The Kier molecular flexibility index (Phi) is 11.1. The number of nitrogens with two attached hydrogens (primary N) is 2. The average Bonchev–Trinajstić information content (AvgIpc) is 2.56. The maximum atomic E-state index is 12.2. The second-order valence-electron chi connectivity index (χ2n) is 5.96. The van der Waals surface area contributed by atoms with Crippen LogP contribution in [0.2, 0.25) is 0 Å². The SMILES string of the molecule is CC(NC(=O)C(NC(=O)C(N)CCCCN)C(C)O)C(=O)NCC(=O)O. The summed E-state index contributed by atoms with van der Waals surface area (Å²) in [5.74, 6) is -3.34. The summed E-state index contributed by atoms with van der Waals surface area (Å²) in [5, 5.41) is 25.0. The van der Waals surface area contributed by atoms with Crippen LogP contribution < -0.4 is 27.4 Å². The van der Waals surface area contributed by atoms with E-state index in [1.807, 2.05) is 0 Å². The molecule has 11 heteroatoms. The van der Waals surface area contributed by atoms with Crippen LogP contribution in [-0.4, -0.2) is 71.2 Å². The van der Waals surface area contributed by atoms with Crippen molar-refractivity contribution in [3.05, 3.63) is 0 Å². The van der Waals surface area contributed by atoms with Gasteiger partial charge >= 0.3 is 5.97 Å². The van der Waals surface area contributed by atoms with Crippen LogP contribution in [0.3, 0.4) is 0 Å². The van der Waals surface area contributed by atoms with Crippen molar-refractivity contribution in [1.29, 1.82) is 0 Å². The third-order valence-electron chi connectivity index (χ3n) is 3.53. The normalized spacial score (nSPS) is 15.3. The second-order valence-corrected chi connectivity index (χ2v) is 5.96. The first-order valence-electron chi connectivity index (χ1n) is 8.34. The molecule has 0 rings (SSSR count). The van der Waals surface area contributed by atoms with Gasteiger partial charge in [0, 0.05) is 0 Å². The van der Waals surface area contributed by atoms with Gasteiger partial charge in [0.05, 0.1) is 12.1 Å². The molecule has 4 atom stereocenters. The summed E-state index contributed by atoms with van der Waals surface area (Å²) in [6, 6.07) is -3.22. The Balaban J connectivity index is 4.67. The molecule has 0 saturated heterocycles. The zero-order valence-corrected chi connectivity index (χ0v) is 15.0. The number of aliphatic carboxylic acids is 1. The minimum atomic E-state index is -1.31. The van der Waals surface area contributed by atoms with Gasteiger partial charge in [-0.2, -0.15) is 0 Å². The van der Waals surface area contributed by atoms with Gasteiger partial charge < -0.3 is 37.6 Å². The first-order chi connectivity index (χ1) is 12.1. The number of amides is 3. The summed E-state index contributed by atoms with van der Waals surface area (Å²) in [7, 11) is 0. The molecule has 11 nitrogen and oxygen atoms in total. The lowest BCUT2D eigenvalue weighted by atomic mass is 10.1. The van der Waals surface area contributed by atoms with E-state index in [1.165, 1.54) is 13.8 Å². The molecular formula is C15H29N5O6. The smallest absolute Gasteiger partial charge is 0.322 e. The highest BCUT2D eigenvalue weighted by Gasteiger charge is 2.29. The third-order valence-corrected chi connectivity index (χ3v) is 3.53. The first kappa shape index (κ1) is 23.8. The van der Waals surface area contributed by atoms with Gasteiger partial charge in [-0.25, -0.2) is 0 Å². The van der Waals surface area contributed by atoms with E-state index in [-0.39, 0.29) is 0 Å². The molecule has 0 heterocycles. The van der Waals surface area contributed by atoms with Crippen molar-refractivity contribution in [2.45, 2.75) is 57.3 Å². The van der Waals surface area contributed by atoms with Gasteiger partial charge in [-0.05, 0) is 33.2 Å². The van der Waals surface area contributed by atoms with Crippen molar-refractivity contribution >= 4 is 23.7 Å². The molecule has 0 fully saturated rings. The average molecular weight is 375 g/mol. The second kappa shape index (κ2) is 12.2. The van der Waals surface area contributed by atoms with Gasteiger partial charge in [0.2, 0.25) is 17.7 Å². The van der Waals surface area contributed by atoms with Crippen LogP contribution in [0.5, 0.6) is 0 Å². The van der Waals surface area contributed by atoms with E-state index in [0.29, 0.717) is 25.8 Å². The molecule has 4 unspecified atom stereocenters. The summed E-state index contributed by atoms with van der Waals surface area (Å²) >= 11 is 0. The van der Waals surface area contributed by atoms with Crippen LogP contribution >= 0.6 is 0 Å². The number of unbranched alkanes of at least 4 members (excludes halogenated alkanes) is 1. The Morgan fingerprint density at radius 2 is 1.62 bits per heavy atom. The molecule has 0 bridgehead atoms. The number of rotatable bonds is 12. The third kappa shape index (κ3) is 9.30. The van der Waals surface area contributed by atoms with Crippen LogP contribution in [0, 0.1) is 0 Å². The predicted molar refractivity (Wildman–Crippen MR) is 92.7 cm³/mol. The fourth-order valence-electron chi connectivity index (χ4n) is 1.99. The van der Waals surface area contributed by atoms with E-state index in [1.54, 1.807) is 0 Å². The molecule has 0 aromatic carbocycles. The van der Waals surface area contributed by atoms with Crippen molar-refractivity contribution in [3.63, 3.8) is 0 Å². The van der Waals surface area contributed by atoms with Crippen LogP contribution in [0.25, 0.3) is 0 Å². The molecular weight excluding hydrogens is 346 g/mol. The molecule has 0 saturated carbocycles. The number of carbonyl (C=O) groups excluding carboxylic acids is 3. The summed E-state index contributed by atoms with van der Waals surface area (Å²) in [4.78, 5) is 46.4. The van der Waals surface area contributed by atoms with E-state index >= 15 is 0 Å². The van der Waals surface area contributed by atoms with Crippen LogP contribution in [0.1, 0.15) is 33.1 Å². The molecule has 0 aliphatic heterocycles. The van der Waals surface area contributed by atoms with E-state index in [9.17, 15) is 24.3 Å². The lowest BCUT2D eigenvalue weighted by Gasteiger charge is -2.24. The summed E-state index contributed by atoms with van der Waals surface area (Å²) in [5.41, 5.74) is 11.1. The van der Waals surface area contributed by atoms with E-state index < -0.39 is 54.5 Å². The van der Waals surface area contributed by atoms with E-state index in [4.69, 9.17) is 16.6 Å². The van der Waals surface area contributed by atoms with E-state index in [2.05, 4.69) is 16.0 Å². The molecule has 9 N–H and O–H groups in total. The van der Waals surface area contributed by atoms with Gasteiger partial charge in [-0.3, -0.25) is 19.2 Å². The minimum Gasteiger partial charge on any atom is -0.480 e. The number of carbonyl (C=O) groups is 4. The molecule has 0 aromatic heterocycles. The summed E-state index contributed by atoms with van der Waals surface area (Å²) < 4.78 is 0. The highest BCUT2D eigenvalue weighted by molar-refractivity contribution is 5.93. The van der Waals surface area contributed by atoms with Gasteiger partial charge in [0.25, 0.3) is 0 Å². The van der Waals surface area contributed by atoms with Gasteiger partial charge in [-0.1, -0.05) is 6.42 Å². The lowest BCUT2D eigenvalue weighted by Crippen LogP contribution is -2.58. The number of carboxylic acid groups (broad SMARTS) is 1. The quantitative estimate of drug-likeness (QED) is 0.175. The molecule has 0 aliphatic carbocycles. The summed E-state index contributed by atoms with van der Waals surface area (Å²) in [6.07, 6.45) is 0.511. The largest absolute Gasteiger partial charge is 0.480 e. The molecule has 3 amide bonds. The number of hydrogen-bond donors (Lipinski definition) is 7. The lowest BCUT2D eigenvalue weighted by molar-refractivity contribution is -0.138. The van der Waals surface area contributed by atoms with Gasteiger partial charge in [-0.15, -0.1) is 0 Å². The topological polar surface area (TPSA) is 197 Å². The molecule has 150 valence electrons. The van der Waals surface area contributed by atoms with Gasteiger partial charge in [0.1, 0.15) is 18.6 Å². The fraction of sp³-hybridized carbons (Fsp3) is 0.733. The number of carboxylic acids is 1. The number of aliphatic hydroxyl groups excluding tert-OH is 1. The first-order valence-corrected chi connectivity index (χ1v) is 8.34. The monoisotopic (exact) mass is 375 g/mol. The van der Waals surface area contributed by atoms with Crippen LogP contribution in [-0.2, 0) is 19.2 Å². The highest BCUT2D eigenvalue weighted by atomic mass is 16.4. The standard InChI is InChI=1S/C15H29N5O6/c1-8(13(24)18-7-11(22)23)19-15(26)12(9(2)21)20-14(25)10(17)5-3-4-6-16/h8-10,12,21H,3-7,16-17H2,1-2H3,(H,18,24)(H,19,26)(H,20,25)(H,22,23). The number of aliphatic hydroxyl groups is 1. The Morgan fingerprint density at radius 1 is 1.00 bits per heavy atom. The fourth-order valence-corrected chi connectivity index (χ4v) is 1.99. The van der Waals surface area contributed by atoms with Crippen molar-refractivity contribution in [2.75, 3.05) is 13.1 Å². The molecule has 0 radical (unpaired) electrons. The maximum absolute atomic E-state index is 12.2. The van der Waals surface area contributed by atoms with Crippen molar-refractivity contribution < 1.29 is 29.4 Å². The van der Waals surface area contributed by atoms with Gasteiger partial charge in [0.15, 0.2) is 0 Å². The zero-order chi connectivity index (χ0) is 20.3. The van der Waals surface area contributed by atoms with Crippen molar-refractivity contribution in [2.24, 2.45) is 11.5 Å². The maximum Gasteiger partial charge on any atom is 0.322 e. The van der Waals surface area contributed by atoms with Crippen molar-refractivity contribution in [3.8, 4) is 0 Å². The van der Waals surface area contributed by atoms with E-state index in [0.717, 1.165) is 0 Å². The Bertz CT molecular complexity index is 499. The molecule has 0 aliphatic rings. The van der Waals surface area contributed by atoms with Crippen molar-refractivity contribution in [1.82, 2.24) is 16.0 Å². The number of nitrogens with one attached hydrogen (secondary N) is 3. The zero-order valence-electron chi connectivity index (χ0n) is 15.0. The Hall–Kier alpha value is -2.24. The Labute approximate surface area is 151 Å². The minimum absolute atomic E-state index is 0.380. The van der Waals surface area contributed by atoms with Crippen LogP contribution in [0.15, 0.2) is 0 Å². The van der Waals surface area contributed by atoms with Crippen LogP contribution in [0.4, 0.5) is 0 Å². The molecule has 26 heavy (non-hydrogen) atoms. The summed E-state index contributed by atoms with van der Waals surface area (Å²) in [6.45, 7) is 2.54. The molecule has 0 spiro atoms. The Morgan fingerprint density at radius 3 is 2.12 bits per heavy atom. The predicted octanol–water partition coefficient (Wildman–Crippen LogP) is -2.99.